The molecule has 2 aliphatic rings. The third kappa shape index (κ3) is 16.7. The summed E-state index contributed by atoms with van der Waals surface area (Å²) in [5, 5.41) is 30.8. The van der Waals surface area contributed by atoms with Crippen molar-refractivity contribution in [2.45, 2.75) is 71.8 Å². The molecule has 3 aromatic heterocycles. The maximum Gasteiger partial charge on any atom is 0.407 e. The zero-order valence-electron chi connectivity index (χ0n) is 37.3. The molecule has 3 atom stereocenters. The van der Waals surface area contributed by atoms with Crippen LogP contribution in [0, 0.1) is 21.7 Å². The minimum absolute atomic E-state index is 0.0636. The van der Waals surface area contributed by atoms with E-state index in [-0.39, 0.29) is 30.6 Å². The van der Waals surface area contributed by atoms with Gasteiger partial charge in [0.25, 0.3) is 3.90 Å². The van der Waals surface area contributed by atoms with Crippen LogP contribution in [0.3, 0.4) is 0 Å². The van der Waals surface area contributed by atoms with E-state index in [4.69, 9.17) is 42.0 Å². The molecule has 3 unspecified atom stereocenters. The van der Waals surface area contributed by atoms with Gasteiger partial charge >= 0.3 is 6.09 Å². The molecule has 2 aliphatic carbocycles. The Hall–Kier alpha value is -4.46. The molecule has 1 aromatic carbocycles. The largest absolute Gasteiger partial charge is 0.449 e. The summed E-state index contributed by atoms with van der Waals surface area (Å²) < 4.78 is 52.7. The number of ketones is 1. The summed E-state index contributed by atoms with van der Waals surface area (Å²) in [6.07, 6.45) is 3.85. The van der Waals surface area contributed by atoms with Gasteiger partial charge < -0.3 is 52.6 Å². The van der Waals surface area contributed by atoms with E-state index >= 15 is 0 Å². The second kappa shape index (κ2) is 26.6. The van der Waals surface area contributed by atoms with Crippen LogP contribution in [0.2, 0.25) is 0 Å². The number of nitrogens with one attached hydrogen (secondary N) is 2. The van der Waals surface area contributed by atoms with Crippen molar-refractivity contribution in [2.24, 2.45) is 17.8 Å². The lowest BCUT2D eigenvalue weighted by atomic mass is 10.0. The van der Waals surface area contributed by atoms with Crippen molar-refractivity contribution in [3.8, 4) is 22.9 Å². The van der Waals surface area contributed by atoms with Crippen LogP contribution >= 0.6 is 22.6 Å². The van der Waals surface area contributed by atoms with Gasteiger partial charge in [0.15, 0.2) is 0 Å². The van der Waals surface area contributed by atoms with E-state index in [2.05, 4.69) is 41.3 Å². The van der Waals surface area contributed by atoms with Crippen molar-refractivity contribution < 1.29 is 56.4 Å². The highest BCUT2D eigenvalue weighted by atomic mass is 127. The number of benzene rings is 1. The number of rotatable bonds is 30. The molecule has 22 heteroatoms. The van der Waals surface area contributed by atoms with E-state index < -0.39 is 6.09 Å². The number of Topliss-reactive ketones (excluding diaryl/α,β-unsaturated/α-hetero) is 1. The fourth-order valence-electron chi connectivity index (χ4n) is 7.39. The molecule has 0 saturated heterocycles. The SMILES string of the molecule is CC(=O)CCOCCOCCOCCNC(=O)OCC1C2CCc3nnn(CCOCCOCCOCCC(=O)Nc4cc(-c5nnc(I)o5)cc(-c5nnc(C(C)C)o5)c4)c3CCC21. The van der Waals surface area contributed by atoms with Crippen molar-refractivity contribution in [1.82, 2.24) is 40.7 Å². The topological polar surface area (TPSA) is 248 Å². The van der Waals surface area contributed by atoms with Gasteiger partial charge in [0.2, 0.25) is 23.6 Å². The summed E-state index contributed by atoms with van der Waals surface area (Å²) in [5.41, 5.74) is 3.90. The van der Waals surface area contributed by atoms with Crippen molar-refractivity contribution in [1.29, 1.82) is 0 Å². The standard InChI is InChI=1S/C43H60IN9O12/c1-28(2)39-48-49-40(64-39)30-24-31(41-50-51-42(44)65-41)26-32(25-30)46-38(55)9-13-58-17-21-62-23-19-60-15-11-53-37-7-5-34-33(4-6-36(37)47-52-53)35(34)27-63-43(56)45-10-14-59-18-22-61-20-16-57-12-8-29(3)54/h24-26,28,33-35H,4-23,27H2,1-3H3,(H,45,56)(H,46,55). The van der Waals surface area contributed by atoms with Crippen molar-refractivity contribution in [3.63, 3.8) is 0 Å². The Kier molecular flexibility index (Phi) is 20.5. The van der Waals surface area contributed by atoms with Crippen LogP contribution in [0.15, 0.2) is 27.0 Å². The summed E-state index contributed by atoms with van der Waals surface area (Å²) in [7, 11) is 0. The average Bonchev–Trinajstić information content (AvgIpc) is 3.71. The van der Waals surface area contributed by atoms with Gasteiger partial charge in [-0.2, -0.15) is 0 Å². The monoisotopic (exact) mass is 1020 g/mol. The van der Waals surface area contributed by atoms with Gasteiger partial charge in [0.1, 0.15) is 5.78 Å². The van der Waals surface area contributed by atoms with Gasteiger partial charge in [0, 0.05) is 58.3 Å². The zero-order valence-corrected chi connectivity index (χ0v) is 39.5. The quantitative estimate of drug-likeness (QED) is 0.0532. The molecule has 0 radical (unpaired) electrons. The molecule has 1 fully saturated rings. The summed E-state index contributed by atoms with van der Waals surface area (Å²) >= 11 is 1.94. The van der Waals surface area contributed by atoms with Crippen molar-refractivity contribution >= 4 is 46.1 Å². The van der Waals surface area contributed by atoms with Crippen LogP contribution in [-0.4, -0.2) is 146 Å². The highest BCUT2D eigenvalue weighted by molar-refractivity contribution is 14.1. The molecule has 0 aliphatic heterocycles. The smallest absolute Gasteiger partial charge is 0.407 e. The molecule has 0 spiro atoms. The molecule has 356 valence electrons. The fraction of sp³-hybridized carbons (Fsp3) is 0.651. The highest BCUT2D eigenvalue weighted by Gasteiger charge is 2.50. The lowest BCUT2D eigenvalue weighted by molar-refractivity contribution is -0.118. The summed E-state index contributed by atoms with van der Waals surface area (Å²) in [5.74, 6) is 2.46. The van der Waals surface area contributed by atoms with Crippen LogP contribution in [0.25, 0.3) is 22.9 Å². The van der Waals surface area contributed by atoms with Crippen molar-refractivity contribution in [2.75, 3.05) is 97.8 Å². The van der Waals surface area contributed by atoms with E-state index in [0.29, 0.717) is 155 Å². The minimum atomic E-state index is -0.432. The van der Waals surface area contributed by atoms with Gasteiger partial charge in [-0.05, 0) is 68.6 Å². The van der Waals surface area contributed by atoms with Crippen LogP contribution in [-0.2, 0) is 62.1 Å². The molecule has 0 bridgehead atoms. The van der Waals surface area contributed by atoms with E-state index in [9.17, 15) is 14.4 Å². The van der Waals surface area contributed by atoms with Gasteiger partial charge in [-0.3, -0.25) is 9.59 Å². The molecular weight excluding hydrogens is 961 g/mol. The minimum Gasteiger partial charge on any atom is -0.449 e. The Morgan fingerprint density at radius 1 is 0.738 bits per heavy atom. The van der Waals surface area contributed by atoms with Crippen LogP contribution in [0.5, 0.6) is 0 Å². The number of carbonyl (C=O) groups is 3. The van der Waals surface area contributed by atoms with Gasteiger partial charge in [0.05, 0.1) is 110 Å². The number of hydrogen-bond acceptors (Lipinski definition) is 18. The molecule has 65 heavy (non-hydrogen) atoms. The Labute approximate surface area is 391 Å². The Morgan fingerprint density at radius 3 is 1.97 bits per heavy atom. The van der Waals surface area contributed by atoms with E-state index in [1.165, 1.54) is 6.92 Å². The first-order chi connectivity index (χ1) is 31.6. The predicted octanol–water partition coefficient (Wildman–Crippen LogP) is 4.68. The van der Waals surface area contributed by atoms with E-state index in [1.807, 2.05) is 41.1 Å². The number of nitrogens with zero attached hydrogens (tertiary/aromatic N) is 7. The van der Waals surface area contributed by atoms with Crippen LogP contribution in [0.1, 0.15) is 69.7 Å². The first-order valence-corrected chi connectivity index (χ1v) is 23.3. The number of fused-ring (bicyclic) bond motifs is 2. The first kappa shape index (κ1) is 50.0. The van der Waals surface area contributed by atoms with E-state index in [1.54, 1.807) is 18.2 Å². The van der Waals surface area contributed by atoms with Crippen LogP contribution in [0.4, 0.5) is 10.5 Å². The number of anilines is 1. The fourth-order valence-corrected chi connectivity index (χ4v) is 7.71. The predicted molar refractivity (Wildman–Crippen MR) is 240 cm³/mol. The van der Waals surface area contributed by atoms with Gasteiger partial charge in [-0.1, -0.05) is 19.1 Å². The molecule has 2 N–H and O–H groups in total. The average molecular weight is 1020 g/mol. The number of halogens is 1. The second-order valence-corrected chi connectivity index (χ2v) is 16.9. The Bertz CT molecular complexity index is 2100. The maximum absolute atomic E-state index is 12.8. The van der Waals surface area contributed by atoms with Gasteiger partial charge in [-0.15, -0.1) is 25.5 Å². The second-order valence-electron chi connectivity index (χ2n) is 16.0. The number of aryl methyl sites for hydroxylation is 1. The highest BCUT2D eigenvalue weighted by Crippen LogP contribution is 2.53. The van der Waals surface area contributed by atoms with Crippen molar-refractivity contribution in [3.05, 3.63) is 39.4 Å². The molecule has 2 amide bonds. The number of amides is 2. The molecule has 3 heterocycles. The molecular formula is C43H60IN9O12. The Morgan fingerprint density at radius 2 is 1.34 bits per heavy atom. The maximum atomic E-state index is 12.8. The molecule has 4 aromatic rings. The van der Waals surface area contributed by atoms with Crippen LogP contribution < -0.4 is 10.6 Å². The summed E-state index contributed by atoms with van der Waals surface area (Å²) in [6, 6.07) is 5.29. The third-order valence-corrected chi connectivity index (χ3v) is 11.3. The number of alkyl carbamates (subject to hydrolysis) is 1. The lowest BCUT2D eigenvalue weighted by Crippen LogP contribution is -2.29. The zero-order chi connectivity index (χ0) is 45.8. The number of carbonyl (C=O) groups excluding carboxylic acids is 3. The summed E-state index contributed by atoms with van der Waals surface area (Å²) in [6.45, 7) is 11.5. The number of hydrogen-bond donors (Lipinski definition) is 2. The number of aromatic nitrogens is 7. The summed E-state index contributed by atoms with van der Waals surface area (Å²) in [4.78, 5) is 36.0. The molecule has 1 saturated carbocycles. The first-order valence-electron chi connectivity index (χ1n) is 22.2. The normalized spacial score (nSPS) is 16.7. The number of ether oxygens (including phenoxy) is 7. The molecule has 21 nitrogen and oxygen atoms in total. The third-order valence-electron chi connectivity index (χ3n) is 10.8. The lowest BCUT2D eigenvalue weighted by Gasteiger charge is -2.11. The molecule has 6 rings (SSSR count). The Balaban J connectivity index is 0.770. The van der Waals surface area contributed by atoms with Gasteiger partial charge in [-0.25, -0.2) is 9.48 Å². The van der Waals surface area contributed by atoms with E-state index in [0.717, 1.165) is 37.1 Å².